The molecule has 1 aliphatic heterocycles. The van der Waals surface area contributed by atoms with Crippen molar-refractivity contribution in [1.29, 1.82) is 0 Å². The number of nitrogens with zero attached hydrogens (tertiary/aromatic N) is 5. The van der Waals surface area contributed by atoms with Crippen molar-refractivity contribution in [2.24, 2.45) is 0 Å². The molecule has 6 heteroatoms. The van der Waals surface area contributed by atoms with Gasteiger partial charge in [-0.05, 0) is 23.3 Å². The van der Waals surface area contributed by atoms with Crippen LogP contribution in [-0.4, -0.2) is 44.4 Å². The minimum Gasteiger partial charge on any atom is -0.378 e. The van der Waals surface area contributed by atoms with Gasteiger partial charge in [-0.1, -0.05) is 30.3 Å². The van der Waals surface area contributed by atoms with Gasteiger partial charge in [-0.15, -0.1) is 0 Å². The summed E-state index contributed by atoms with van der Waals surface area (Å²) in [5, 5.41) is 4.44. The van der Waals surface area contributed by atoms with E-state index in [1.165, 1.54) is 11.1 Å². The second kappa shape index (κ2) is 7.55. The lowest BCUT2D eigenvalue weighted by Gasteiger charge is -2.35. The van der Waals surface area contributed by atoms with Crippen molar-refractivity contribution >= 4 is 0 Å². The van der Waals surface area contributed by atoms with Crippen LogP contribution in [0.5, 0.6) is 0 Å². The molecular weight excluding hydrogens is 314 g/mol. The van der Waals surface area contributed by atoms with Crippen molar-refractivity contribution in [3.05, 3.63) is 78.1 Å². The third kappa shape index (κ3) is 3.75. The Labute approximate surface area is 147 Å². The third-order valence-electron chi connectivity index (χ3n) is 4.49. The summed E-state index contributed by atoms with van der Waals surface area (Å²) < 4.78 is 7.72. The molecule has 1 aliphatic rings. The number of ether oxygens (including phenoxy) is 1. The lowest BCUT2D eigenvalue weighted by molar-refractivity contribution is -0.0173. The lowest BCUT2D eigenvalue weighted by Crippen LogP contribution is -2.40. The van der Waals surface area contributed by atoms with Gasteiger partial charge in [-0.3, -0.25) is 9.88 Å². The fourth-order valence-electron chi connectivity index (χ4n) is 3.20. The van der Waals surface area contributed by atoms with Gasteiger partial charge in [0.25, 0.3) is 0 Å². The number of aromatic nitrogens is 4. The van der Waals surface area contributed by atoms with E-state index in [9.17, 15) is 0 Å². The van der Waals surface area contributed by atoms with Crippen LogP contribution in [0.15, 0.2) is 61.2 Å². The Morgan fingerprint density at radius 3 is 2.64 bits per heavy atom. The fraction of sp³-hybridized carbons (Fsp3) is 0.316. The molecule has 6 nitrogen and oxygen atoms in total. The molecule has 1 saturated heterocycles. The van der Waals surface area contributed by atoms with E-state index in [1.807, 2.05) is 35.3 Å². The van der Waals surface area contributed by atoms with Gasteiger partial charge in [0.05, 0.1) is 25.8 Å². The Balaban J connectivity index is 1.56. The van der Waals surface area contributed by atoms with E-state index in [2.05, 4.69) is 44.2 Å². The zero-order valence-corrected chi connectivity index (χ0v) is 14.0. The summed E-state index contributed by atoms with van der Waals surface area (Å²) in [6.07, 6.45) is 5.31. The molecular formula is C19H21N5O. The Kier molecular flexibility index (Phi) is 4.81. The number of rotatable bonds is 5. The van der Waals surface area contributed by atoms with E-state index in [0.717, 1.165) is 32.1 Å². The number of pyridine rings is 1. The first-order chi connectivity index (χ1) is 12.4. The quantitative estimate of drug-likeness (QED) is 0.716. The van der Waals surface area contributed by atoms with E-state index in [-0.39, 0.29) is 6.04 Å². The smallest absolute Gasteiger partial charge is 0.146 e. The van der Waals surface area contributed by atoms with Crippen LogP contribution in [-0.2, 0) is 17.8 Å². The van der Waals surface area contributed by atoms with E-state index in [0.29, 0.717) is 6.61 Å². The van der Waals surface area contributed by atoms with Crippen LogP contribution in [0, 0.1) is 0 Å². The molecule has 4 rings (SSSR count). The summed E-state index contributed by atoms with van der Waals surface area (Å²) in [5.41, 5.74) is 2.46. The molecule has 2 aromatic heterocycles. The van der Waals surface area contributed by atoms with Crippen molar-refractivity contribution in [1.82, 2.24) is 24.6 Å². The van der Waals surface area contributed by atoms with Gasteiger partial charge < -0.3 is 4.74 Å². The SMILES string of the molecule is c1ccc(Cn2ncnc2C2COCCN2Cc2ccncc2)cc1. The van der Waals surface area contributed by atoms with Crippen LogP contribution in [0.25, 0.3) is 0 Å². The number of hydrogen-bond donors (Lipinski definition) is 0. The maximum atomic E-state index is 5.74. The Morgan fingerprint density at radius 2 is 1.80 bits per heavy atom. The van der Waals surface area contributed by atoms with Crippen molar-refractivity contribution in [2.75, 3.05) is 19.8 Å². The van der Waals surface area contributed by atoms with Gasteiger partial charge in [0.15, 0.2) is 0 Å². The predicted octanol–water partition coefficient (Wildman–Crippen LogP) is 2.29. The van der Waals surface area contributed by atoms with Gasteiger partial charge in [-0.2, -0.15) is 5.10 Å². The second-order valence-electron chi connectivity index (χ2n) is 6.18. The first kappa shape index (κ1) is 15.9. The molecule has 1 unspecified atom stereocenters. The molecule has 1 fully saturated rings. The Bertz CT molecular complexity index is 790. The molecule has 0 N–H and O–H groups in total. The number of benzene rings is 1. The molecule has 1 atom stereocenters. The summed E-state index contributed by atoms with van der Waals surface area (Å²) in [6.45, 7) is 3.84. The molecule has 128 valence electrons. The molecule has 0 bridgehead atoms. The maximum Gasteiger partial charge on any atom is 0.146 e. The molecule has 0 aliphatic carbocycles. The summed E-state index contributed by atoms with van der Waals surface area (Å²) in [4.78, 5) is 11.1. The van der Waals surface area contributed by atoms with Crippen LogP contribution < -0.4 is 0 Å². The normalized spacial score (nSPS) is 18.3. The summed E-state index contributed by atoms with van der Waals surface area (Å²) in [5.74, 6) is 0.956. The van der Waals surface area contributed by atoms with E-state index in [1.54, 1.807) is 6.33 Å². The maximum absolute atomic E-state index is 5.74. The van der Waals surface area contributed by atoms with Crippen LogP contribution in [0.1, 0.15) is 23.0 Å². The highest BCUT2D eigenvalue weighted by molar-refractivity contribution is 5.16. The van der Waals surface area contributed by atoms with Crippen LogP contribution >= 0.6 is 0 Å². The van der Waals surface area contributed by atoms with Crippen LogP contribution in [0.2, 0.25) is 0 Å². The Morgan fingerprint density at radius 1 is 1.00 bits per heavy atom. The third-order valence-corrected chi connectivity index (χ3v) is 4.49. The highest BCUT2D eigenvalue weighted by Crippen LogP contribution is 2.24. The first-order valence-corrected chi connectivity index (χ1v) is 8.52. The van der Waals surface area contributed by atoms with E-state index < -0.39 is 0 Å². The molecule has 3 aromatic rings. The molecule has 1 aromatic carbocycles. The largest absolute Gasteiger partial charge is 0.378 e. The Hall–Kier alpha value is -2.57. The first-order valence-electron chi connectivity index (χ1n) is 8.52. The lowest BCUT2D eigenvalue weighted by atomic mass is 10.1. The van der Waals surface area contributed by atoms with Crippen molar-refractivity contribution in [3.63, 3.8) is 0 Å². The summed E-state index contributed by atoms with van der Waals surface area (Å²) in [6, 6.07) is 14.6. The average molecular weight is 335 g/mol. The average Bonchev–Trinajstić information content (AvgIpc) is 3.12. The highest BCUT2D eigenvalue weighted by Gasteiger charge is 2.28. The fourth-order valence-corrected chi connectivity index (χ4v) is 3.20. The molecule has 0 amide bonds. The van der Waals surface area contributed by atoms with Gasteiger partial charge in [0, 0.05) is 25.5 Å². The van der Waals surface area contributed by atoms with E-state index >= 15 is 0 Å². The van der Waals surface area contributed by atoms with Gasteiger partial charge in [0.1, 0.15) is 12.2 Å². The monoisotopic (exact) mass is 335 g/mol. The summed E-state index contributed by atoms with van der Waals surface area (Å²) in [7, 11) is 0. The van der Waals surface area contributed by atoms with Crippen LogP contribution in [0.4, 0.5) is 0 Å². The van der Waals surface area contributed by atoms with Gasteiger partial charge in [0.2, 0.25) is 0 Å². The van der Waals surface area contributed by atoms with Crippen molar-refractivity contribution in [3.8, 4) is 0 Å². The second-order valence-corrected chi connectivity index (χ2v) is 6.18. The number of hydrogen-bond acceptors (Lipinski definition) is 5. The van der Waals surface area contributed by atoms with Gasteiger partial charge in [-0.25, -0.2) is 9.67 Å². The topological polar surface area (TPSA) is 56.1 Å². The van der Waals surface area contributed by atoms with Gasteiger partial charge >= 0.3 is 0 Å². The standard InChI is InChI=1S/C19H21N5O/c1-2-4-16(5-3-1)13-24-19(21-15-22-24)18-14-25-11-10-23(18)12-17-6-8-20-9-7-17/h1-9,15,18H,10-14H2. The van der Waals surface area contributed by atoms with Crippen LogP contribution in [0.3, 0.4) is 0 Å². The van der Waals surface area contributed by atoms with E-state index in [4.69, 9.17) is 4.74 Å². The minimum atomic E-state index is 0.105. The van der Waals surface area contributed by atoms with Crippen molar-refractivity contribution < 1.29 is 4.74 Å². The molecule has 0 radical (unpaired) electrons. The summed E-state index contributed by atoms with van der Waals surface area (Å²) >= 11 is 0. The minimum absolute atomic E-state index is 0.105. The highest BCUT2D eigenvalue weighted by atomic mass is 16.5. The number of morpholine rings is 1. The zero-order chi connectivity index (χ0) is 16.9. The predicted molar refractivity (Wildman–Crippen MR) is 93.8 cm³/mol. The molecule has 25 heavy (non-hydrogen) atoms. The van der Waals surface area contributed by atoms with Crippen molar-refractivity contribution in [2.45, 2.75) is 19.1 Å². The molecule has 0 saturated carbocycles. The molecule has 3 heterocycles. The zero-order valence-electron chi connectivity index (χ0n) is 14.0. The molecule has 0 spiro atoms.